The lowest BCUT2D eigenvalue weighted by atomic mass is 10.3. The van der Waals surface area contributed by atoms with Crippen LogP contribution in [0.4, 0.5) is 10.1 Å². The van der Waals surface area contributed by atoms with Crippen LogP contribution in [0.3, 0.4) is 0 Å². The van der Waals surface area contributed by atoms with Gasteiger partial charge in [-0.2, -0.15) is 0 Å². The predicted octanol–water partition coefficient (Wildman–Crippen LogP) is 1.79. The van der Waals surface area contributed by atoms with Crippen molar-refractivity contribution in [3.8, 4) is 5.75 Å². The summed E-state index contributed by atoms with van der Waals surface area (Å²) in [6, 6.07) is 4.04. The third-order valence-electron chi connectivity index (χ3n) is 2.02. The van der Waals surface area contributed by atoms with Gasteiger partial charge in [0.05, 0.1) is 18.1 Å². The average Bonchev–Trinajstić information content (AvgIpc) is 2.71. The number of hydrazine groups is 1. The normalized spacial score (nSPS) is 31.4. The van der Waals surface area contributed by atoms with E-state index in [4.69, 9.17) is 9.36 Å². The standard InChI is InChI=1S/C7H6FN2O5P/c1-12-7-3-2-5(4-6(7)8)9-10-14-16(11,13-9)15-10/h2-4H,1H3. The Kier molecular flexibility index (Phi) is 1.97. The van der Waals surface area contributed by atoms with E-state index in [2.05, 4.69) is 9.25 Å². The highest BCUT2D eigenvalue weighted by molar-refractivity contribution is 7.49. The summed E-state index contributed by atoms with van der Waals surface area (Å²) in [5.41, 5.74) is 0.272. The number of anilines is 1. The van der Waals surface area contributed by atoms with Gasteiger partial charge in [-0.3, -0.25) is 0 Å². The number of phosphoric acid groups is 1. The van der Waals surface area contributed by atoms with Crippen molar-refractivity contribution in [2.24, 2.45) is 0 Å². The Labute approximate surface area is 89.3 Å². The lowest BCUT2D eigenvalue weighted by Gasteiger charge is -2.21. The van der Waals surface area contributed by atoms with Gasteiger partial charge in [0.25, 0.3) is 0 Å². The Morgan fingerprint density at radius 1 is 1.38 bits per heavy atom. The molecule has 2 bridgehead atoms. The Morgan fingerprint density at radius 2 is 2.12 bits per heavy atom. The zero-order chi connectivity index (χ0) is 11.3. The first-order valence-corrected chi connectivity index (χ1v) is 5.70. The largest absolute Gasteiger partial charge is 0.538 e. The summed E-state index contributed by atoms with van der Waals surface area (Å²) in [5, 5.41) is 1.71. The lowest BCUT2D eigenvalue weighted by molar-refractivity contribution is -0.318. The number of rotatable bonds is 2. The van der Waals surface area contributed by atoms with Crippen molar-refractivity contribution in [3.05, 3.63) is 24.0 Å². The number of methoxy groups -OCH3 is 1. The molecule has 1 aromatic rings. The molecule has 0 saturated carbocycles. The van der Waals surface area contributed by atoms with Crippen LogP contribution in [0.2, 0.25) is 0 Å². The van der Waals surface area contributed by atoms with E-state index < -0.39 is 13.6 Å². The van der Waals surface area contributed by atoms with Crippen LogP contribution in [0.25, 0.3) is 0 Å². The number of halogens is 1. The molecule has 16 heavy (non-hydrogen) atoms. The summed E-state index contributed by atoms with van der Waals surface area (Å²) in [4.78, 5) is 0. The van der Waals surface area contributed by atoms with E-state index in [9.17, 15) is 8.96 Å². The second kappa shape index (κ2) is 3.16. The molecule has 3 saturated heterocycles. The van der Waals surface area contributed by atoms with Crippen LogP contribution in [0.5, 0.6) is 5.75 Å². The van der Waals surface area contributed by atoms with Crippen molar-refractivity contribution in [2.75, 3.05) is 12.3 Å². The average molecular weight is 248 g/mol. The minimum absolute atomic E-state index is 0.0961. The fourth-order valence-corrected chi connectivity index (χ4v) is 2.20. The SMILES string of the molecule is COc1ccc(N2OP3(=O)ON2O3)cc1F. The maximum Gasteiger partial charge on any atom is 0.538 e. The van der Waals surface area contributed by atoms with E-state index in [0.717, 1.165) is 16.6 Å². The highest BCUT2D eigenvalue weighted by atomic mass is 31.2. The van der Waals surface area contributed by atoms with Gasteiger partial charge < -0.3 is 4.74 Å². The number of nitrogens with zero attached hydrogens (tertiary/aromatic N) is 2. The molecule has 0 spiro atoms. The third-order valence-corrected chi connectivity index (χ3v) is 3.06. The van der Waals surface area contributed by atoms with Gasteiger partial charge >= 0.3 is 7.82 Å². The van der Waals surface area contributed by atoms with Crippen molar-refractivity contribution in [1.82, 2.24) is 5.34 Å². The Bertz CT molecular complexity index is 488. The van der Waals surface area contributed by atoms with E-state index in [1.54, 1.807) is 0 Å². The van der Waals surface area contributed by atoms with Crippen molar-refractivity contribution in [3.63, 3.8) is 0 Å². The summed E-state index contributed by atoms with van der Waals surface area (Å²) >= 11 is 0. The number of fused-ring (bicyclic) bond motifs is 1. The molecule has 0 radical (unpaired) electrons. The van der Waals surface area contributed by atoms with Crippen LogP contribution in [0.15, 0.2) is 18.2 Å². The molecule has 0 amide bonds. The number of hydrogen-bond acceptors (Lipinski definition) is 7. The minimum atomic E-state index is -3.46. The molecule has 0 aromatic heterocycles. The molecule has 0 aliphatic carbocycles. The summed E-state index contributed by atoms with van der Waals surface area (Å²) in [5.74, 6) is -0.481. The second-order valence-corrected chi connectivity index (χ2v) is 4.41. The maximum absolute atomic E-state index is 13.4. The molecule has 4 rings (SSSR count). The lowest BCUT2D eigenvalue weighted by Crippen LogP contribution is -2.34. The molecule has 3 aliphatic rings. The number of benzene rings is 1. The van der Waals surface area contributed by atoms with Crippen LogP contribution < -0.4 is 9.91 Å². The van der Waals surface area contributed by atoms with Gasteiger partial charge in [0, 0.05) is 6.07 Å². The van der Waals surface area contributed by atoms with Gasteiger partial charge in [-0.25, -0.2) is 8.96 Å². The predicted molar refractivity (Wildman–Crippen MR) is 48.1 cm³/mol. The molecule has 1 aromatic carbocycles. The van der Waals surface area contributed by atoms with Crippen molar-refractivity contribution >= 4 is 13.5 Å². The maximum atomic E-state index is 13.4. The molecule has 86 valence electrons. The molecule has 7 nitrogen and oxygen atoms in total. The molecule has 0 N–H and O–H groups in total. The van der Waals surface area contributed by atoms with Gasteiger partial charge in [-0.05, 0) is 12.1 Å². The molecular formula is C7H6FN2O5P. The van der Waals surface area contributed by atoms with Gasteiger partial charge in [-0.15, -0.1) is 19.0 Å². The summed E-state index contributed by atoms with van der Waals surface area (Å²) in [6.07, 6.45) is 0. The molecule has 3 heterocycles. The smallest absolute Gasteiger partial charge is 0.494 e. The molecule has 3 fully saturated rings. The second-order valence-electron chi connectivity index (χ2n) is 3.02. The van der Waals surface area contributed by atoms with Crippen LogP contribution in [0.1, 0.15) is 0 Å². The summed E-state index contributed by atoms with van der Waals surface area (Å²) in [6.45, 7) is 0. The first kappa shape index (κ1) is 10.0. The zero-order valence-electron chi connectivity index (χ0n) is 7.99. The Balaban J connectivity index is 1.91. The highest BCUT2D eigenvalue weighted by Gasteiger charge is 2.60. The first-order valence-electron chi connectivity index (χ1n) is 4.24. The van der Waals surface area contributed by atoms with Gasteiger partial charge in [-0.1, -0.05) is 0 Å². The fraction of sp³-hybridized carbons (Fsp3) is 0.143. The molecule has 0 atom stereocenters. The van der Waals surface area contributed by atoms with Gasteiger partial charge in [0.15, 0.2) is 11.6 Å². The van der Waals surface area contributed by atoms with Crippen LogP contribution in [0, 0.1) is 5.82 Å². The highest BCUT2D eigenvalue weighted by Crippen LogP contribution is 2.67. The van der Waals surface area contributed by atoms with E-state index >= 15 is 0 Å². The van der Waals surface area contributed by atoms with Gasteiger partial charge in [0.1, 0.15) is 0 Å². The van der Waals surface area contributed by atoms with E-state index in [1.807, 2.05) is 0 Å². The van der Waals surface area contributed by atoms with Crippen molar-refractivity contribution in [2.45, 2.75) is 0 Å². The van der Waals surface area contributed by atoms with E-state index in [1.165, 1.54) is 19.2 Å². The van der Waals surface area contributed by atoms with Crippen molar-refractivity contribution < 1.29 is 27.6 Å². The molecule has 0 unspecified atom stereocenters. The van der Waals surface area contributed by atoms with Gasteiger partial charge in [0.2, 0.25) is 0 Å². The van der Waals surface area contributed by atoms with Crippen molar-refractivity contribution in [1.29, 1.82) is 0 Å². The third kappa shape index (κ3) is 1.32. The Morgan fingerprint density at radius 3 is 2.62 bits per heavy atom. The van der Waals surface area contributed by atoms with E-state index in [0.29, 0.717) is 0 Å². The Hall–Kier alpha value is -1.18. The molecular weight excluding hydrogens is 242 g/mol. The fourth-order valence-electron chi connectivity index (χ4n) is 1.31. The summed E-state index contributed by atoms with van der Waals surface area (Å²) in [7, 11) is -2.10. The molecule has 3 aliphatic heterocycles. The summed E-state index contributed by atoms with van der Waals surface area (Å²) < 4.78 is 43.4. The topological polar surface area (TPSA) is 60.5 Å². The monoisotopic (exact) mass is 248 g/mol. The van der Waals surface area contributed by atoms with Crippen LogP contribution in [-0.2, 0) is 18.4 Å². The number of hydrogen-bond donors (Lipinski definition) is 0. The van der Waals surface area contributed by atoms with Crippen LogP contribution in [-0.4, -0.2) is 12.4 Å². The minimum Gasteiger partial charge on any atom is -0.494 e. The van der Waals surface area contributed by atoms with Crippen LogP contribution >= 0.6 is 7.82 Å². The number of ether oxygens (including phenoxy) is 1. The quantitative estimate of drug-likeness (QED) is 0.739. The molecule has 9 heteroatoms. The zero-order valence-corrected chi connectivity index (χ0v) is 8.89. The van der Waals surface area contributed by atoms with E-state index in [-0.39, 0.29) is 11.4 Å². The first-order chi connectivity index (χ1) is 7.61.